The zero-order valence-electron chi connectivity index (χ0n) is 13.4. The number of aromatic carboxylic acids is 1. The van der Waals surface area contributed by atoms with Crippen LogP contribution in [0.2, 0.25) is 0 Å². The Morgan fingerprint density at radius 1 is 1.15 bits per heavy atom. The second-order valence-electron chi connectivity index (χ2n) is 5.31. The first-order valence-electron chi connectivity index (χ1n) is 7.37. The van der Waals surface area contributed by atoms with Gasteiger partial charge in [0.2, 0.25) is 0 Å². The van der Waals surface area contributed by atoms with E-state index < -0.39 is 12.3 Å². The minimum atomic E-state index is -4.83. The first-order chi connectivity index (χ1) is 12.2. The van der Waals surface area contributed by atoms with Crippen molar-refractivity contribution in [1.82, 2.24) is 14.8 Å². The molecule has 1 aromatic carbocycles. The number of hydrogen-bond donors (Lipinski definition) is 1. The Hall–Kier alpha value is -3.36. The highest BCUT2D eigenvalue weighted by Crippen LogP contribution is 2.33. The molecule has 0 unspecified atom stereocenters. The van der Waals surface area contributed by atoms with Gasteiger partial charge in [0.25, 0.3) is 0 Å². The number of pyridine rings is 1. The lowest BCUT2D eigenvalue weighted by Crippen LogP contribution is -2.17. The third-order valence-electron chi connectivity index (χ3n) is 3.45. The van der Waals surface area contributed by atoms with Gasteiger partial charge in [-0.05, 0) is 37.3 Å². The third kappa shape index (κ3) is 3.66. The van der Waals surface area contributed by atoms with E-state index in [2.05, 4.69) is 14.8 Å². The normalized spacial score (nSPS) is 11.4. The van der Waals surface area contributed by atoms with Gasteiger partial charge in [0.15, 0.2) is 11.5 Å². The Balaban J connectivity index is 2.05. The second-order valence-corrected chi connectivity index (χ2v) is 5.31. The van der Waals surface area contributed by atoms with Gasteiger partial charge < -0.3 is 9.84 Å². The van der Waals surface area contributed by atoms with Crippen LogP contribution in [0.1, 0.15) is 16.2 Å². The SMILES string of the molecule is Cc1cc(C(=O)O)nn1-c1cccc(-c2ccccc2OC(F)(F)F)n1. The lowest BCUT2D eigenvalue weighted by molar-refractivity contribution is -0.274. The van der Waals surface area contributed by atoms with Gasteiger partial charge in [0.1, 0.15) is 5.75 Å². The number of alkyl halides is 3. The van der Waals surface area contributed by atoms with Crippen LogP contribution < -0.4 is 4.74 Å². The molecule has 3 aromatic rings. The van der Waals surface area contributed by atoms with E-state index in [9.17, 15) is 18.0 Å². The molecule has 2 aromatic heterocycles. The molecule has 6 nitrogen and oxygen atoms in total. The number of aryl methyl sites for hydroxylation is 1. The molecule has 0 spiro atoms. The van der Waals surface area contributed by atoms with Gasteiger partial charge in [-0.3, -0.25) is 0 Å². The molecule has 26 heavy (non-hydrogen) atoms. The van der Waals surface area contributed by atoms with Crippen molar-refractivity contribution in [3.63, 3.8) is 0 Å². The molecule has 0 saturated heterocycles. The Morgan fingerprint density at radius 2 is 1.88 bits per heavy atom. The molecular formula is C17H12F3N3O3. The van der Waals surface area contributed by atoms with Crippen LogP contribution in [0.25, 0.3) is 17.1 Å². The first-order valence-corrected chi connectivity index (χ1v) is 7.37. The lowest BCUT2D eigenvalue weighted by Gasteiger charge is -2.13. The van der Waals surface area contributed by atoms with Gasteiger partial charge in [0, 0.05) is 11.3 Å². The summed E-state index contributed by atoms with van der Waals surface area (Å²) >= 11 is 0. The van der Waals surface area contributed by atoms with Gasteiger partial charge in [-0.15, -0.1) is 13.2 Å². The maximum absolute atomic E-state index is 12.6. The number of halogens is 3. The Morgan fingerprint density at radius 3 is 2.54 bits per heavy atom. The smallest absolute Gasteiger partial charge is 0.476 e. The summed E-state index contributed by atoms with van der Waals surface area (Å²) in [4.78, 5) is 15.3. The molecule has 1 N–H and O–H groups in total. The van der Waals surface area contributed by atoms with Crippen LogP contribution in [0.3, 0.4) is 0 Å². The fraction of sp³-hybridized carbons (Fsp3) is 0.118. The highest BCUT2D eigenvalue weighted by atomic mass is 19.4. The summed E-state index contributed by atoms with van der Waals surface area (Å²) in [5.74, 6) is -1.30. The number of ether oxygens (including phenoxy) is 1. The van der Waals surface area contributed by atoms with E-state index >= 15 is 0 Å². The van der Waals surface area contributed by atoms with Crippen LogP contribution in [0.5, 0.6) is 5.75 Å². The van der Waals surface area contributed by atoms with E-state index in [1.54, 1.807) is 25.1 Å². The van der Waals surface area contributed by atoms with Crippen LogP contribution in [0.15, 0.2) is 48.5 Å². The number of para-hydroxylation sites is 1. The maximum Gasteiger partial charge on any atom is 0.573 e. The molecule has 0 radical (unpaired) electrons. The standard InChI is InChI=1S/C17H12F3N3O3/c1-10-9-13(16(24)25)22-23(10)15-8-4-6-12(21-15)11-5-2-3-7-14(11)26-17(18,19)20/h2-9H,1H3,(H,24,25). The number of carboxylic acids is 1. The van der Waals surface area contributed by atoms with Gasteiger partial charge in [0.05, 0.1) is 5.69 Å². The zero-order chi connectivity index (χ0) is 18.9. The largest absolute Gasteiger partial charge is 0.573 e. The van der Waals surface area contributed by atoms with Gasteiger partial charge in [-0.2, -0.15) is 5.10 Å². The van der Waals surface area contributed by atoms with Crippen LogP contribution in [0.4, 0.5) is 13.2 Å². The van der Waals surface area contributed by atoms with Gasteiger partial charge >= 0.3 is 12.3 Å². The summed E-state index contributed by atoms with van der Waals surface area (Å²) in [6.07, 6.45) is -4.83. The Bertz CT molecular complexity index is 967. The number of carboxylic acid groups (broad SMARTS) is 1. The molecule has 3 rings (SSSR count). The average Bonchev–Trinajstić information content (AvgIpc) is 2.96. The van der Waals surface area contributed by atoms with E-state index in [1.165, 1.54) is 35.0 Å². The van der Waals surface area contributed by atoms with E-state index in [1.807, 2.05) is 0 Å². The summed E-state index contributed by atoms with van der Waals surface area (Å²) in [6.45, 7) is 1.65. The van der Waals surface area contributed by atoms with Crippen LogP contribution >= 0.6 is 0 Å². The van der Waals surface area contributed by atoms with Gasteiger partial charge in [-0.25, -0.2) is 14.5 Å². The number of benzene rings is 1. The zero-order valence-corrected chi connectivity index (χ0v) is 13.4. The van der Waals surface area contributed by atoms with Crippen LogP contribution in [0, 0.1) is 6.92 Å². The van der Waals surface area contributed by atoms with Crippen LogP contribution in [-0.2, 0) is 0 Å². The molecule has 0 atom stereocenters. The highest BCUT2D eigenvalue weighted by Gasteiger charge is 2.32. The third-order valence-corrected chi connectivity index (χ3v) is 3.45. The fourth-order valence-electron chi connectivity index (χ4n) is 2.39. The number of hydrogen-bond acceptors (Lipinski definition) is 4. The number of rotatable bonds is 4. The molecule has 0 bridgehead atoms. The predicted molar refractivity (Wildman–Crippen MR) is 85.2 cm³/mol. The fourth-order valence-corrected chi connectivity index (χ4v) is 2.39. The molecule has 0 fully saturated rings. The van der Waals surface area contributed by atoms with Crippen molar-refractivity contribution in [2.24, 2.45) is 0 Å². The molecule has 0 aliphatic heterocycles. The molecule has 9 heteroatoms. The molecular weight excluding hydrogens is 351 g/mol. The Kier molecular flexibility index (Phi) is 4.37. The highest BCUT2D eigenvalue weighted by molar-refractivity contribution is 5.85. The lowest BCUT2D eigenvalue weighted by atomic mass is 10.1. The molecule has 2 heterocycles. The van der Waals surface area contributed by atoms with Crippen molar-refractivity contribution in [2.75, 3.05) is 0 Å². The first kappa shape index (κ1) is 17.5. The van der Waals surface area contributed by atoms with Crippen molar-refractivity contribution in [2.45, 2.75) is 13.3 Å². The minimum Gasteiger partial charge on any atom is -0.476 e. The monoisotopic (exact) mass is 363 g/mol. The van der Waals surface area contributed by atoms with Crippen molar-refractivity contribution >= 4 is 5.97 Å². The quantitative estimate of drug-likeness (QED) is 0.762. The van der Waals surface area contributed by atoms with E-state index in [4.69, 9.17) is 5.11 Å². The molecule has 134 valence electrons. The summed E-state index contributed by atoms with van der Waals surface area (Å²) in [5.41, 5.74) is 0.742. The van der Waals surface area contributed by atoms with E-state index in [0.29, 0.717) is 5.69 Å². The average molecular weight is 363 g/mol. The summed E-state index contributed by atoms with van der Waals surface area (Å²) in [6, 6.07) is 11.7. The Labute approximate surface area is 145 Å². The number of aromatic nitrogens is 3. The molecule has 0 aliphatic carbocycles. The van der Waals surface area contributed by atoms with E-state index in [-0.39, 0.29) is 28.5 Å². The summed E-state index contributed by atoms with van der Waals surface area (Å²) in [5, 5.41) is 13.0. The second kappa shape index (κ2) is 6.51. The molecule has 0 aliphatic rings. The maximum atomic E-state index is 12.6. The van der Waals surface area contributed by atoms with Crippen molar-refractivity contribution in [1.29, 1.82) is 0 Å². The number of carbonyl (C=O) groups is 1. The van der Waals surface area contributed by atoms with E-state index in [0.717, 1.165) is 0 Å². The summed E-state index contributed by atoms with van der Waals surface area (Å²) in [7, 11) is 0. The minimum absolute atomic E-state index is 0.148. The topological polar surface area (TPSA) is 77.2 Å². The van der Waals surface area contributed by atoms with Gasteiger partial charge in [-0.1, -0.05) is 18.2 Å². The van der Waals surface area contributed by atoms with Crippen molar-refractivity contribution in [3.8, 4) is 22.8 Å². The summed E-state index contributed by atoms with van der Waals surface area (Å²) < 4.78 is 43.2. The molecule has 0 amide bonds. The number of nitrogens with zero attached hydrogens (tertiary/aromatic N) is 3. The van der Waals surface area contributed by atoms with Crippen LogP contribution in [-0.4, -0.2) is 32.2 Å². The predicted octanol–water partition coefficient (Wildman–Crippen LogP) is 3.84. The van der Waals surface area contributed by atoms with Crippen molar-refractivity contribution in [3.05, 3.63) is 59.9 Å². The molecule has 0 saturated carbocycles. The van der Waals surface area contributed by atoms with Crippen molar-refractivity contribution < 1.29 is 27.8 Å².